The maximum absolute atomic E-state index is 11.0. The second kappa shape index (κ2) is 5.81. The molecule has 0 radical (unpaired) electrons. The fraction of sp³-hybridized carbons (Fsp3) is 0.118. The minimum atomic E-state index is -0.981. The third-order valence-electron chi connectivity index (χ3n) is 3.35. The molecule has 22 heavy (non-hydrogen) atoms. The molecule has 0 saturated heterocycles. The third kappa shape index (κ3) is 2.61. The summed E-state index contributed by atoms with van der Waals surface area (Å²) in [6, 6.07) is 12.2. The summed E-state index contributed by atoms with van der Waals surface area (Å²) in [6.45, 7) is 0.305. The molecular weight excluding hydrogens is 284 g/mol. The van der Waals surface area contributed by atoms with Gasteiger partial charge in [-0.1, -0.05) is 12.1 Å². The first-order valence-corrected chi connectivity index (χ1v) is 6.68. The van der Waals surface area contributed by atoms with Gasteiger partial charge in [0.2, 0.25) is 0 Å². The fourth-order valence-corrected chi connectivity index (χ4v) is 2.22. The normalized spacial score (nSPS) is 10.6. The van der Waals surface area contributed by atoms with Gasteiger partial charge in [-0.25, -0.2) is 4.79 Å². The number of methoxy groups -OCH3 is 1. The molecule has 5 nitrogen and oxygen atoms in total. The van der Waals surface area contributed by atoms with E-state index >= 15 is 0 Å². The number of fused-ring (bicyclic) bond motifs is 1. The van der Waals surface area contributed by atoms with E-state index in [2.05, 4.69) is 0 Å². The van der Waals surface area contributed by atoms with Crippen molar-refractivity contribution in [1.29, 1.82) is 0 Å². The lowest BCUT2D eigenvalue weighted by molar-refractivity contribution is 0.0697. The van der Waals surface area contributed by atoms with E-state index in [9.17, 15) is 4.79 Å². The van der Waals surface area contributed by atoms with Gasteiger partial charge in [0, 0.05) is 10.9 Å². The van der Waals surface area contributed by atoms with Crippen LogP contribution in [0.4, 0.5) is 0 Å². The maximum atomic E-state index is 11.0. The zero-order valence-corrected chi connectivity index (χ0v) is 11.9. The van der Waals surface area contributed by atoms with Crippen molar-refractivity contribution in [3.63, 3.8) is 0 Å². The van der Waals surface area contributed by atoms with E-state index in [0.29, 0.717) is 23.7 Å². The molecule has 0 fully saturated rings. The number of ether oxygens (including phenoxy) is 2. The van der Waals surface area contributed by atoms with Gasteiger partial charge in [-0.3, -0.25) is 0 Å². The van der Waals surface area contributed by atoms with Gasteiger partial charge in [0.05, 0.1) is 18.9 Å². The second-order valence-electron chi connectivity index (χ2n) is 4.72. The van der Waals surface area contributed by atoms with Crippen LogP contribution in [-0.2, 0) is 6.61 Å². The summed E-state index contributed by atoms with van der Waals surface area (Å²) < 4.78 is 16.4. The second-order valence-corrected chi connectivity index (χ2v) is 4.72. The average molecular weight is 298 g/mol. The number of carbonyl (C=O) groups is 1. The maximum Gasteiger partial charge on any atom is 0.335 e. The summed E-state index contributed by atoms with van der Waals surface area (Å²) in [6.07, 6.45) is 1.58. The topological polar surface area (TPSA) is 68.9 Å². The first kappa shape index (κ1) is 14.0. The fourth-order valence-electron chi connectivity index (χ4n) is 2.22. The average Bonchev–Trinajstić information content (AvgIpc) is 2.95. The van der Waals surface area contributed by atoms with Gasteiger partial charge in [0.25, 0.3) is 0 Å². The molecule has 1 aromatic heterocycles. The predicted octanol–water partition coefficient (Wildman–Crippen LogP) is 3.72. The number of furan rings is 1. The lowest BCUT2D eigenvalue weighted by Gasteiger charge is -2.09. The summed E-state index contributed by atoms with van der Waals surface area (Å²) in [4.78, 5) is 11.0. The number of carboxylic acids is 1. The van der Waals surface area contributed by atoms with Crippen LogP contribution in [0.15, 0.2) is 53.1 Å². The van der Waals surface area contributed by atoms with Crippen molar-refractivity contribution in [3.05, 3.63) is 59.9 Å². The first-order valence-electron chi connectivity index (χ1n) is 6.68. The van der Waals surface area contributed by atoms with Crippen LogP contribution < -0.4 is 9.47 Å². The Bertz CT molecular complexity index is 819. The minimum Gasteiger partial charge on any atom is -0.493 e. The standard InChI is InChI=1S/C17H14O5/c1-20-14-4-2-3-5-15(14)21-9-12-10-22-16-8-11(17(18)19)6-7-13(12)16/h2-8,10H,9H2,1H3,(H,18,19). The van der Waals surface area contributed by atoms with Gasteiger partial charge in [-0.15, -0.1) is 0 Å². The molecule has 0 bridgehead atoms. The van der Waals surface area contributed by atoms with Crippen molar-refractivity contribution in [2.45, 2.75) is 6.61 Å². The van der Waals surface area contributed by atoms with Crippen molar-refractivity contribution in [3.8, 4) is 11.5 Å². The van der Waals surface area contributed by atoms with E-state index in [1.807, 2.05) is 24.3 Å². The van der Waals surface area contributed by atoms with Crippen molar-refractivity contribution in [2.24, 2.45) is 0 Å². The summed E-state index contributed by atoms with van der Waals surface area (Å²) in [5, 5.41) is 9.81. The van der Waals surface area contributed by atoms with Gasteiger partial charge >= 0.3 is 5.97 Å². The highest BCUT2D eigenvalue weighted by Gasteiger charge is 2.11. The van der Waals surface area contributed by atoms with Crippen LogP contribution in [0.3, 0.4) is 0 Å². The van der Waals surface area contributed by atoms with Crippen LogP contribution in [0.25, 0.3) is 11.0 Å². The van der Waals surface area contributed by atoms with Crippen LogP contribution in [0.2, 0.25) is 0 Å². The Morgan fingerprint density at radius 2 is 1.95 bits per heavy atom. The molecule has 2 aromatic carbocycles. The van der Waals surface area contributed by atoms with Gasteiger partial charge in [-0.05, 0) is 30.3 Å². The number of hydrogen-bond donors (Lipinski definition) is 1. The predicted molar refractivity (Wildman–Crippen MR) is 80.5 cm³/mol. The summed E-state index contributed by atoms with van der Waals surface area (Å²) in [5.41, 5.74) is 1.57. The molecule has 0 aliphatic heterocycles. The van der Waals surface area contributed by atoms with E-state index in [4.69, 9.17) is 19.0 Å². The Hall–Kier alpha value is -2.95. The molecule has 0 amide bonds. The van der Waals surface area contributed by atoms with Gasteiger partial charge in [0.1, 0.15) is 12.2 Å². The van der Waals surface area contributed by atoms with Crippen LogP contribution >= 0.6 is 0 Å². The zero-order chi connectivity index (χ0) is 15.5. The number of benzene rings is 2. The molecule has 1 N–H and O–H groups in total. The van der Waals surface area contributed by atoms with E-state index < -0.39 is 5.97 Å². The quantitative estimate of drug-likeness (QED) is 0.777. The molecular formula is C17H14O5. The zero-order valence-electron chi connectivity index (χ0n) is 11.9. The summed E-state index contributed by atoms with van der Waals surface area (Å²) in [5.74, 6) is 0.315. The van der Waals surface area contributed by atoms with Crippen LogP contribution in [0.5, 0.6) is 11.5 Å². The Kier molecular flexibility index (Phi) is 3.70. The van der Waals surface area contributed by atoms with E-state index in [-0.39, 0.29) is 5.56 Å². The van der Waals surface area contributed by atoms with Crippen molar-refractivity contribution in [1.82, 2.24) is 0 Å². The number of carboxylic acid groups (broad SMARTS) is 1. The SMILES string of the molecule is COc1ccccc1OCc1coc2cc(C(=O)O)ccc12. The van der Waals surface area contributed by atoms with Crippen LogP contribution in [-0.4, -0.2) is 18.2 Å². The molecule has 3 aromatic rings. The Morgan fingerprint density at radius 1 is 1.18 bits per heavy atom. The number of para-hydroxylation sites is 2. The van der Waals surface area contributed by atoms with E-state index in [0.717, 1.165) is 10.9 Å². The highest BCUT2D eigenvalue weighted by atomic mass is 16.5. The monoisotopic (exact) mass is 298 g/mol. The van der Waals surface area contributed by atoms with Crippen LogP contribution in [0, 0.1) is 0 Å². The van der Waals surface area contributed by atoms with Gasteiger partial charge in [0.15, 0.2) is 11.5 Å². The third-order valence-corrected chi connectivity index (χ3v) is 3.35. The molecule has 0 saturated carbocycles. The van der Waals surface area contributed by atoms with Crippen molar-refractivity contribution in [2.75, 3.05) is 7.11 Å². The molecule has 0 aliphatic carbocycles. The van der Waals surface area contributed by atoms with Crippen LogP contribution in [0.1, 0.15) is 15.9 Å². The van der Waals surface area contributed by atoms with Crippen molar-refractivity contribution < 1.29 is 23.8 Å². The van der Waals surface area contributed by atoms with E-state index in [1.54, 1.807) is 25.5 Å². The molecule has 0 atom stereocenters. The number of hydrogen-bond acceptors (Lipinski definition) is 4. The van der Waals surface area contributed by atoms with Gasteiger partial charge in [-0.2, -0.15) is 0 Å². The molecule has 112 valence electrons. The molecule has 0 spiro atoms. The lowest BCUT2D eigenvalue weighted by atomic mass is 10.1. The molecule has 1 heterocycles. The summed E-state index contributed by atoms with van der Waals surface area (Å²) >= 11 is 0. The Balaban J connectivity index is 1.84. The number of rotatable bonds is 5. The molecule has 5 heteroatoms. The minimum absolute atomic E-state index is 0.194. The molecule has 0 unspecified atom stereocenters. The largest absolute Gasteiger partial charge is 0.493 e. The van der Waals surface area contributed by atoms with Gasteiger partial charge < -0.3 is 19.0 Å². The molecule has 3 rings (SSSR count). The smallest absolute Gasteiger partial charge is 0.335 e. The van der Waals surface area contributed by atoms with E-state index in [1.165, 1.54) is 6.07 Å². The Labute approximate surface area is 126 Å². The summed E-state index contributed by atoms with van der Waals surface area (Å²) in [7, 11) is 1.59. The highest BCUT2D eigenvalue weighted by molar-refractivity contribution is 5.93. The first-order chi connectivity index (χ1) is 10.7. The van der Waals surface area contributed by atoms with Crippen molar-refractivity contribution >= 4 is 16.9 Å². The lowest BCUT2D eigenvalue weighted by Crippen LogP contribution is -1.97. The molecule has 0 aliphatic rings. The Morgan fingerprint density at radius 3 is 2.68 bits per heavy atom. The highest BCUT2D eigenvalue weighted by Crippen LogP contribution is 2.28. The number of aromatic carboxylic acids is 1.